The SMILES string of the molecule is CCn1nc(C(=O)NNC(=S)NC2CC2)c2ccccc2c1=O. The van der Waals surface area contributed by atoms with Gasteiger partial charge in [0.1, 0.15) is 0 Å². The topological polar surface area (TPSA) is 88.1 Å². The smallest absolute Gasteiger partial charge is 0.290 e. The zero-order chi connectivity index (χ0) is 16.4. The summed E-state index contributed by atoms with van der Waals surface area (Å²) in [6.07, 6.45) is 2.17. The van der Waals surface area contributed by atoms with E-state index in [1.165, 1.54) is 4.68 Å². The van der Waals surface area contributed by atoms with Gasteiger partial charge in [-0.1, -0.05) is 18.2 Å². The summed E-state index contributed by atoms with van der Waals surface area (Å²) in [5.41, 5.74) is 5.16. The highest BCUT2D eigenvalue weighted by atomic mass is 32.1. The Morgan fingerprint density at radius 3 is 2.65 bits per heavy atom. The number of aromatic nitrogens is 2. The molecule has 0 saturated heterocycles. The Labute approximate surface area is 138 Å². The molecule has 3 rings (SSSR count). The number of hydrogen-bond acceptors (Lipinski definition) is 4. The molecular formula is C15H17N5O2S. The highest BCUT2D eigenvalue weighted by Crippen LogP contribution is 2.18. The third-order valence-electron chi connectivity index (χ3n) is 3.58. The van der Waals surface area contributed by atoms with Gasteiger partial charge in [-0.3, -0.25) is 20.4 Å². The van der Waals surface area contributed by atoms with Crippen molar-refractivity contribution in [3.8, 4) is 0 Å². The zero-order valence-electron chi connectivity index (χ0n) is 12.6. The van der Waals surface area contributed by atoms with Crippen LogP contribution >= 0.6 is 12.2 Å². The molecule has 0 spiro atoms. The molecular weight excluding hydrogens is 314 g/mol. The first-order valence-corrected chi connectivity index (χ1v) is 7.87. The van der Waals surface area contributed by atoms with E-state index in [9.17, 15) is 9.59 Å². The summed E-state index contributed by atoms with van der Waals surface area (Å²) in [5, 5.41) is 8.57. The van der Waals surface area contributed by atoms with Crippen LogP contribution in [-0.2, 0) is 6.54 Å². The Morgan fingerprint density at radius 1 is 1.30 bits per heavy atom. The van der Waals surface area contributed by atoms with Gasteiger partial charge in [0.25, 0.3) is 11.5 Å². The van der Waals surface area contributed by atoms with E-state index in [2.05, 4.69) is 21.3 Å². The van der Waals surface area contributed by atoms with Gasteiger partial charge in [0.05, 0.1) is 5.39 Å². The Morgan fingerprint density at radius 2 is 2.00 bits per heavy atom. The second kappa shape index (κ2) is 6.33. The molecule has 120 valence electrons. The maximum atomic E-state index is 12.4. The molecule has 0 aliphatic heterocycles. The first-order chi connectivity index (χ1) is 11.1. The number of benzene rings is 1. The van der Waals surface area contributed by atoms with E-state index in [-0.39, 0.29) is 11.3 Å². The van der Waals surface area contributed by atoms with Crippen LogP contribution in [0.3, 0.4) is 0 Å². The van der Waals surface area contributed by atoms with Crippen LogP contribution in [0.5, 0.6) is 0 Å². The van der Waals surface area contributed by atoms with Crippen LogP contribution in [0.25, 0.3) is 10.8 Å². The van der Waals surface area contributed by atoms with E-state index >= 15 is 0 Å². The van der Waals surface area contributed by atoms with Gasteiger partial charge >= 0.3 is 0 Å². The fraction of sp³-hybridized carbons (Fsp3) is 0.333. The molecule has 1 aliphatic rings. The standard InChI is InChI=1S/C15H17N5O2S/c1-2-20-14(22)11-6-4-3-5-10(11)12(19-20)13(21)17-18-15(23)16-9-7-8-9/h3-6,9H,2,7-8H2,1H3,(H,17,21)(H2,16,18,23). The van der Waals surface area contributed by atoms with Crippen LogP contribution in [0.4, 0.5) is 0 Å². The molecule has 0 unspecified atom stereocenters. The number of fused-ring (bicyclic) bond motifs is 1. The lowest BCUT2D eigenvalue weighted by molar-refractivity contribution is 0.0938. The van der Waals surface area contributed by atoms with E-state index < -0.39 is 5.91 Å². The van der Waals surface area contributed by atoms with Crippen molar-refractivity contribution in [1.82, 2.24) is 25.9 Å². The minimum Gasteiger partial charge on any atom is -0.359 e. The van der Waals surface area contributed by atoms with E-state index in [0.29, 0.717) is 28.5 Å². The monoisotopic (exact) mass is 331 g/mol. The van der Waals surface area contributed by atoms with Gasteiger partial charge in [0, 0.05) is 18.0 Å². The highest BCUT2D eigenvalue weighted by molar-refractivity contribution is 7.80. The van der Waals surface area contributed by atoms with Gasteiger partial charge in [-0.05, 0) is 38.0 Å². The summed E-state index contributed by atoms with van der Waals surface area (Å²) in [6.45, 7) is 2.19. The van der Waals surface area contributed by atoms with Crippen molar-refractivity contribution in [3.63, 3.8) is 0 Å². The Balaban J connectivity index is 1.85. The van der Waals surface area contributed by atoms with E-state index in [1.54, 1.807) is 31.2 Å². The summed E-state index contributed by atoms with van der Waals surface area (Å²) < 4.78 is 1.28. The summed E-state index contributed by atoms with van der Waals surface area (Å²) in [7, 11) is 0. The average molecular weight is 331 g/mol. The molecule has 2 aromatic rings. The molecule has 1 saturated carbocycles. The Kier molecular flexibility index (Phi) is 4.24. The van der Waals surface area contributed by atoms with Crippen molar-refractivity contribution in [1.29, 1.82) is 0 Å². The maximum absolute atomic E-state index is 12.4. The minimum absolute atomic E-state index is 0.184. The summed E-state index contributed by atoms with van der Waals surface area (Å²) in [4.78, 5) is 24.7. The first kappa shape index (κ1) is 15.4. The summed E-state index contributed by atoms with van der Waals surface area (Å²) >= 11 is 5.09. The second-order valence-corrected chi connectivity index (χ2v) is 5.75. The van der Waals surface area contributed by atoms with Crippen molar-refractivity contribution in [3.05, 3.63) is 40.3 Å². The van der Waals surface area contributed by atoms with Gasteiger partial charge in [0.2, 0.25) is 0 Å². The molecule has 8 heteroatoms. The van der Waals surface area contributed by atoms with Crippen molar-refractivity contribution in [2.45, 2.75) is 32.4 Å². The van der Waals surface area contributed by atoms with Crippen molar-refractivity contribution >= 4 is 34.0 Å². The number of amides is 1. The second-order valence-electron chi connectivity index (χ2n) is 5.34. The number of carbonyl (C=O) groups is 1. The molecule has 0 atom stereocenters. The predicted molar refractivity (Wildman–Crippen MR) is 91.0 cm³/mol. The lowest BCUT2D eigenvalue weighted by Crippen LogP contribution is -2.47. The van der Waals surface area contributed by atoms with Crippen LogP contribution in [-0.4, -0.2) is 26.8 Å². The number of carbonyl (C=O) groups excluding carboxylic acids is 1. The number of rotatable bonds is 3. The fourth-order valence-corrected chi connectivity index (χ4v) is 2.46. The molecule has 23 heavy (non-hydrogen) atoms. The number of hydrogen-bond donors (Lipinski definition) is 3. The average Bonchev–Trinajstić information content (AvgIpc) is 3.37. The number of aryl methyl sites for hydroxylation is 1. The van der Waals surface area contributed by atoms with Gasteiger partial charge in [-0.2, -0.15) is 5.10 Å². The van der Waals surface area contributed by atoms with Gasteiger partial charge in [-0.15, -0.1) is 0 Å². The molecule has 1 fully saturated rings. The largest absolute Gasteiger partial charge is 0.359 e. The lowest BCUT2D eigenvalue weighted by atomic mass is 10.1. The molecule has 1 aromatic carbocycles. The van der Waals surface area contributed by atoms with Crippen LogP contribution in [0.1, 0.15) is 30.3 Å². The minimum atomic E-state index is -0.441. The molecule has 1 heterocycles. The Bertz CT molecular complexity index is 828. The zero-order valence-corrected chi connectivity index (χ0v) is 13.4. The van der Waals surface area contributed by atoms with Crippen LogP contribution in [0.15, 0.2) is 29.1 Å². The Hall–Kier alpha value is -2.48. The number of hydrazine groups is 1. The van der Waals surface area contributed by atoms with Crippen molar-refractivity contribution in [2.24, 2.45) is 0 Å². The molecule has 1 aromatic heterocycles. The van der Waals surface area contributed by atoms with E-state index in [0.717, 1.165) is 12.8 Å². The third-order valence-corrected chi connectivity index (χ3v) is 3.80. The quantitative estimate of drug-likeness (QED) is 0.566. The normalized spacial score (nSPS) is 13.6. The highest BCUT2D eigenvalue weighted by Gasteiger charge is 2.22. The number of nitrogens with zero attached hydrogens (tertiary/aromatic N) is 2. The van der Waals surface area contributed by atoms with Crippen LogP contribution < -0.4 is 21.7 Å². The first-order valence-electron chi connectivity index (χ1n) is 7.47. The lowest BCUT2D eigenvalue weighted by Gasteiger charge is -2.12. The summed E-state index contributed by atoms with van der Waals surface area (Å²) in [5.74, 6) is -0.441. The predicted octanol–water partition coefficient (Wildman–Crippen LogP) is 0.688. The molecule has 1 amide bonds. The molecule has 3 N–H and O–H groups in total. The van der Waals surface area contributed by atoms with Crippen LogP contribution in [0, 0.1) is 0 Å². The van der Waals surface area contributed by atoms with Crippen LogP contribution in [0.2, 0.25) is 0 Å². The van der Waals surface area contributed by atoms with Crippen molar-refractivity contribution in [2.75, 3.05) is 0 Å². The third kappa shape index (κ3) is 3.31. The van der Waals surface area contributed by atoms with Gasteiger partial charge in [-0.25, -0.2) is 4.68 Å². The van der Waals surface area contributed by atoms with E-state index in [4.69, 9.17) is 12.2 Å². The molecule has 1 aliphatic carbocycles. The maximum Gasteiger partial charge on any atom is 0.290 e. The summed E-state index contributed by atoms with van der Waals surface area (Å²) in [6, 6.07) is 7.32. The van der Waals surface area contributed by atoms with Gasteiger partial charge < -0.3 is 5.32 Å². The van der Waals surface area contributed by atoms with Gasteiger partial charge in [0.15, 0.2) is 10.8 Å². The molecule has 0 bridgehead atoms. The number of nitrogens with one attached hydrogen (secondary N) is 3. The fourth-order valence-electron chi connectivity index (χ4n) is 2.24. The number of thiocarbonyl (C=S) groups is 1. The molecule has 7 nitrogen and oxygen atoms in total. The van der Waals surface area contributed by atoms with E-state index in [1.807, 2.05) is 0 Å². The van der Waals surface area contributed by atoms with Crippen molar-refractivity contribution < 1.29 is 4.79 Å². The molecule has 0 radical (unpaired) electrons.